The molecule has 6 nitrogen and oxygen atoms in total. The Balaban J connectivity index is 1.45. The number of ether oxygens (including phenoxy) is 1. The topological polar surface area (TPSA) is 71.5 Å². The average molecular weight is 429 g/mol. The van der Waals surface area contributed by atoms with Crippen molar-refractivity contribution < 1.29 is 23.1 Å². The average Bonchev–Trinajstić information content (AvgIpc) is 2.75. The number of nitrogens with zero attached hydrogens (tertiary/aromatic N) is 2. The van der Waals surface area contributed by atoms with Crippen molar-refractivity contribution in [3.63, 3.8) is 0 Å². The van der Waals surface area contributed by atoms with Crippen molar-refractivity contribution in [3.8, 4) is 5.88 Å². The lowest BCUT2D eigenvalue weighted by molar-refractivity contribution is -0.134. The van der Waals surface area contributed by atoms with Crippen molar-refractivity contribution in [2.45, 2.75) is 44.4 Å². The van der Waals surface area contributed by atoms with Crippen molar-refractivity contribution in [2.24, 2.45) is 0 Å². The van der Waals surface area contributed by atoms with E-state index in [9.17, 15) is 18.4 Å². The van der Waals surface area contributed by atoms with Gasteiger partial charge in [0.05, 0.1) is 18.7 Å². The van der Waals surface area contributed by atoms with Gasteiger partial charge < -0.3 is 9.64 Å². The first-order chi connectivity index (χ1) is 14.9. The van der Waals surface area contributed by atoms with Crippen LogP contribution in [0.5, 0.6) is 5.88 Å². The van der Waals surface area contributed by atoms with Gasteiger partial charge in [0.1, 0.15) is 5.82 Å². The SMILES string of the molecule is COc1nc(C)c(C2CCN(c3ccc(C4CCC(=O)NC4=O)cc3F)CC2)cc1F. The van der Waals surface area contributed by atoms with Crippen molar-refractivity contribution in [1.29, 1.82) is 0 Å². The molecule has 1 aromatic heterocycles. The Bertz CT molecular complexity index is 1020. The zero-order valence-electron chi connectivity index (χ0n) is 17.6. The molecule has 2 amide bonds. The number of aromatic nitrogens is 1. The molecule has 1 atom stereocenters. The Labute approximate surface area is 179 Å². The van der Waals surface area contributed by atoms with Crippen molar-refractivity contribution in [2.75, 3.05) is 25.1 Å². The molecule has 164 valence electrons. The fraction of sp³-hybridized carbons (Fsp3) is 0.435. The van der Waals surface area contributed by atoms with Crippen LogP contribution in [0, 0.1) is 18.6 Å². The van der Waals surface area contributed by atoms with Gasteiger partial charge in [0, 0.05) is 25.2 Å². The third kappa shape index (κ3) is 4.24. The summed E-state index contributed by atoms with van der Waals surface area (Å²) in [5.74, 6) is -1.88. The van der Waals surface area contributed by atoms with Gasteiger partial charge in [-0.05, 0) is 61.4 Å². The molecule has 3 heterocycles. The molecule has 0 radical (unpaired) electrons. The summed E-state index contributed by atoms with van der Waals surface area (Å²) in [6, 6.07) is 6.36. The highest BCUT2D eigenvalue weighted by atomic mass is 19.1. The van der Waals surface area contributed by atoms with Gasteiger partial charge in [0.15, 0.2) is 5.82 Å². The predicted molar refractivity (Wildman–Crippen MR) is 111 cm³/mol. The van der Waals surface area contributed by atoms with Crippen molar-refractivity contribution in [1.82, 2.24) is 10.3 Å². The Morgan fingerprint density at radius 3 is 2.48 bits per heavy atom. The van der Waals surface area contributed by atoms with E-state index < -0.39 is 11.7 Å². The summed E-state index contributed by atoms with van der Waals surface area (Å²) >= 11 is 0. The van der Waals surface area contributed by atoms with Crippen LogP contribution >= 0.6 is 0 Å². The monoisotopic (exact) mass is 429 g/mol. The quantitative estimate of drug-likeness (QED) is 0.753. The molecule has 1 unspecified atom stereocenters. The number of anilines is 1. The molecule has 1 aromatic carbocycles. The fourth-order valence-electron chi connectivity index (χ4n) is 4.57. The second kappa shape index (κ2) is 8.61. The van der Waals surface area contributed by atoms with E-state index in [0.29, 0.717) is 30.8 Å². The lowest BCUT2D eigenvalue weighted by Gasteiger charge is -2.34. The third-order valence-corrected chi connectivity index (χ3v) is 6.26. The number of amides is 2. The maximum atomic E-state index is 14.9. The minimum Gasteiger partial charge on any atom is -0.479 e. The minimum absolute atomic E-state index is 0.00291. The normalized spacial score (nSPS) is 20.0. The predicted octanol–water partition coefficient (Wildman–Crippen LogP) is 3.58. The molecule has 0 spiro atoms. The molecule has 4 rings (SSSR count). The molecule has 2 fully saturated rings. The molecule has 1 N–H and O–H groups in total. The molecule has 0 saturated carbocycles. The van der Waals surface area contributed by atoms with E-state index in [1.165, 1.54) is 19.2 Å². The number of benzene rings is 1. The van der Waals surface area contributed by atoms with E-state index in [2.05, 4.69) is 10.3 Å². The summed E-state index contributed by atoms with van der Waals surface area (Å²) in [7, 11) is 1.39. The summed E-state index contributed by atoms with van der Waals surface area (Å²) in [5.41, 5.74) is 2.69. The summed E-state index contributed by atoms with van der Waals surface area (Å²) in [6.07, 6.45) is 2.15. The lowest BCUT2D eigenvalue weighted by Crippen LogP contribution is -2.39. The van der Waals surface area contributed by atoms with Gasteiger partial charge in [0.25, 0.3) is 0 Å². The van der Waals surface area contributed by atoms with Gasteiger partial charge in [-0.15, -0.1) is 0 Å². The van der Waals surface area contributed by atoms with Crippen LogP contribution in [0.2, 0.25) is 0 Å². The second-order valence-corrected chi connectivity index (χ2v) is 8.13. The number of carbonyl (C=O) groups is 2. The lowest BCUT2D eigenvalue weighted by atomic mass is 9.87. The number of piperidine rings is 2. The largest absolute Gasteiger partial charge is 0.479 e. The molecule has 8 heteroatoms. The van der Waals surface area contributed by atoms with Crippen LogP contribution in [-0.2, 0) is 9.59 Å². The number of rotatable bonds is 4. The Morgan fingerprint density at radius 2 is 1.84 bits per heavy atom. The summed E-state index contributed by atoms with van der Waals surface area (Å²) in [4.78, 5) is 29.6. The highest BCUT2D eigenvalue weighted by Gasteiger charge is 2.30. The summed E-state index contributed by atoms with van der Waals surface area (Å²) in [5, 5.41) is 2.31. The Hall–Kier alpha value is -3.03. The highest BCUT2D eigenvalue weighted by molar-refractivity contribution is 6.00. The number of nitrogens with one attached hydrogen (secondary N) is 1. The second-order valence-electron chi connectivity index (χ2n) is 8.13. The zero-order chi connectivity index (χ0) is 22.1. The standard InChI is InChI=1S/C23H25F2N3O3/c1-13-17(12-19(25)23(26-13)31-2)14-7-9-28(10-8-14)20-5-3-15(11-18(20)24)16-4-6-21(29)27-22(16)30/h3,5,11-12,14,16H,4,6-10H2,1-2H3,(H,27,29,30). The van der Waals surface area contributed by atoms with Gasteiger partial charge in [-0.2, -0.15) is 0 Å². The maximum absolute atomic E-state index is 14.9. The molecule has 0 bridgehead atoms. The number of pyridine rings is 1. The van der Waals surface area contributed by atoms with Gasteiger partial charge in [-0.1, -0.05) is 6.07 Å². The molecule has 0 aliphatic carbocycles. The molecule has 2 aliphatic rings. The van der Waals surface area contributed by atoms with Crippen LogP contribution in [0.25, 0.3) is 0 Å². The molecule has 31 heavy (non-hydrogen) atoms. The van der Waals surface area contributed by atoms with E-state index in [0.717, 1.165) is 24.1 Å². The molecule has 2 aromatic rings. The number of halogens is 2. The van der Waals surface area contributed by atoms with Crippen molar-refractivity contribution >= 4 is 17.5 Å². The number of carbonyl (C=O) groups excluding carboxylic acids is 2. The number of imide groups is 1. The van der Waals surface area contributed by atoms with Crippen LogP contribution in [0.3, 0.4) is 0 Å². The van der Waals surface area contributed by atoms with Crippen molar-refractivity contribution in [3.05, 3.63) is 52.7 Å². The van der Waals surface area contributed by atoms with Gasteiger partial charge >= 0.3 is 0 Å². The van der Waals surface area contributed by atoms with E-state index in [4.69, 9.17) is 4.74 Å². The van der Waals surface area contributed by atoms with Gasteiger partial charge in [0.2, 0.25) is 17.7 Å². The van der Waals surface area contributed by atoms with E-state index in [1.54, 1.807) is 12.1 Å². The minimum atomic E-state index is -0.507. The highest BCUT2D eigenvalue weighted by Crippen LogP contribution is 2.35. The van der Waals surface area contributed by atoms with Crippen LogP contribution in [0.1, 0.15) is 54.3 Å². The molecular weight excluding hydrogens is 404 g/mol. The van der Waals surface area contributed by atoms with Crippen LogP contribution < -0.4 is 15.0 Å². The number of aryl methyl sites for hydroxylation is 1. The number of hydrogen-bond acceptors (Lipinski definition) is 5. The van der Waals surface area contributed by atoms with E-state index in [1.807, 2.05) is 11.8 Å². The first kappa shape index (κ1) is 21.2. The molecule has 2 saturated heterocycles. The van der Waals surface area contributed by atoms with E-state index in [-0.39, 0.29) is 35.9 Å². The first-order valence-electron chi connectivity index (χ1n) is 10.5. The number of methoxy groups -OCH3 is 1. The van der Waals surface area contributed by atoms with Gasteiger partial charge in [-0.25, -0.2) is 13.8 Å². The molecular formula is C23H25F2N3O3. The van der Waals surface area contributed by atoms with Gasteiger partial charge in [-0.3, -0.25) is 14.9 Å². The zero-order valence-corrected chi connectivity index (χ0v) is 17.6. The van der Waals surface area contributed by atoms with Crippen LogP contribution in [-0.4, -0.2) is 37.0 Å². The van der Waals surface area contributed by atoms with Crippen LogP contribution in [0.4, 0.5) is 14.5 Å². The fourth-order valence-corrected chi connectivity index (χ4v) is 4.57. The Kier molecular flexibility index (Phi) is 5.89. The Morgan fingerprint density at radius 1 is 1.10 bits per heavy atom. The smallest absolute Gasteiger partial charge is 0.250 e. The number of hydrogen-bond donors (Lipinski definition) is 1. The third-order valence-electron chi connectivity index (χ3n) is 6.26. The van der Waals surface area contributed by atoms with E-state index >= 15 is 0 Å². The molecule has 2 aliphatic heterocycles. The summed E-state index contributed by atoms with van der Waals surface area (Å²) in [6.45, 7) is 3.11. The maximum Gasteiger partial charge on any atom is 0.250 e. The van der Waals surface area contributed by atoms with Crippen LogP contribution in [0.15, 0.2) is 24.3 Å². The summed E-state index contributed by atoms with van der Waals surface area (Å²) < 4.78 is 34.0. The first-order valence-corrected chi connectivity index (χ1v) is 10.5.